The maximum absolute atomic E-state index is 10.9. The molecule has 0 saturated carbocycles. The van der Waals surface area contributed by atoms with Gasteiger partial charge in [-0.05, 0) is 18.1 Å². The van der Waals surface area contributed by atoms with Crippen molar-refractivity contribution in [3.05, 3.63) is 46.1 Å². The Morgan fingerprint density at radius 2 is 2.24 bits per heavy atom. The van der Waals surface area contributed by atoms with Gasteiger partial charge < -0.3 is 0 Å². The number of nitro benzene ring substituents is 1. The number of alkyl halides is 1. The van der Waals surface area contributed by atoms with Crippen molar-refractivity contribution in [2.45, 2.75) is 18.2 Å². The molecule has 1 heterocycles. The van der Waals surface area contributed by atoms with E-state index in [1.807, 2.05) is 13.0 Å². The molecule has 1 aromatic heterocycles. The highest BCUT2D eigenvalue weighted by atomic mass is 79.9. The zero-order chi connectivity index (χ0) is 12.4. The predicted molar refractivity (Wildman–Crippen MR) is 70.5 cm³/mol. The van der Waals surface area contributed by atoms with Crippen molar-refractivity contribution >= 4 is 32.5 Å². The van der Waals surface area contributed by atoms with E-state index >= 15 is 0 Å². The maximum atomic E-state index is 10.9. The molecule has 1 atom stereocenters. The molecule has 0 N–H and O–H groups in total. The number of aromatic nitrogens is 1. The Kier molecular flexibility index (Phi) is 3.38. The van der Waals surface area contributed by atoms with Gasteiger partial charge in [0.05, 0.1) is 4.92 Å². The molecule has 0 saturated heterocycles. The Morgan fingerprint density at radius 1 is 1.47 bits per heavy atom. The minimum atomic E-state index is -0.392. The Bertz CT molecular complexity index is 569. The van der Waals surface area contributed by atoms with Crippen LogP contribution in [-0.4, -0.2) is 14.7 Å². The molecule has 1 aromatic carbocycles. The summed E-state index contributed by atoms with van der Waals surface area (Å²) in [6.07, 6.45) is 2.40. The number of halogens is 1. The third-order valence-electron chi connectivity index (χ3n) is 2.54. The fraction of sp³-hybridized carbons (Fsp3) is 0.250. The lowest BCUT2D eigenvalue weighted by atomic mass is 10.0. The predicted octanol–water partition coefficient (Wildman–Crippen LogP) is 3.47. The maximum Gasteiger partial charge on any atom is 0.295 e. The van der Waals surface area contributed by atoms with Crippen molar-refractivity contribution in [2.75, 3.05) is 0 Å². The van der Waals surface area contributed by atoms with E-state index in [1.165, 1.54) is 6.07 Å². The van der Waals surface area contributed by atoms with Gasteiger partial charge in [0.1, 0.15) is 5.52 Å². The van der Waals surface area contributed by atoms with Gasteiger partial charge in [0, 0.05) is 22.5 Å². The highest BCUT2D eigenvalue weighted by Crippen LogP contribution is 2.27. The first-order valence-corrected chi connectivity index (χ1v) is 6.16. The molecule has 17 heavy (non-hydrogen) atoms. The zero-order valence-electron chi connectivity index (χ0n) is 9.26. The number of nitro groups is 1. The van der Waals surface area contributed by atoms with E-state index < -0.39 is 4.92 Å². The van der Waals surface area contributed by atoms with Crippen LogP contribution in [0, 0.1) is 10.1 Å². The summed E-state index contributed by atoms with van der Waals surface area (Å²) in [5.74, 6) is 0. The van der Waals surface area contributed by atoms with Gasteiger partial charge in [-0.3, -0.25) is 10.1 Å². The summed E-state index contributed by atoms with van der Waals surface area (Å²) in [6, 6.07) is 7.01. The number of fused-ring (bicyclic) bond motifs is 1. The molecule has 0 aliphatic rings. The van der Waals surface area contributed by atoms with Crippen molar-refractivity contribution in [3.8, 4) is 0 Å². The topological polar surface area (TPSA) is 56.0 Å². The van der Waals surface area contributed by atoms with E-state index in [0.717, 1.165) is 17.4 Å². The number of hydrogen-bond acceptors (Lipinski definition) is 3. The van der Waals surface area contributed by atoms with E-state index in [0.29, 0.717) is 10.3 Å². The van der Waals surface area contributed by atoms with Gasteiger partial charge >= 0.3 is 0 Å². The molecular formula is C12H11BrN2O2. The molecule has 88 valence electrons. The Hall–Kier alpha value is -1.49. The van der Waals surface area contributed by atoms with Crippen molar-refractivity contribution in [3.63, 3.8) is 0 Å². The number of hydrogen-bond donors (Lipinski definition) is 0. The second-order valence-electron chi connectivity index (χ2n) is 3.89. The molecule has 0 radical (unpaired) electrons. The van der Waals surface area contributed by atoms with E-state index in [4.69, 9.17) is 0 Å². The minimum Gasteiger partial charge on any atom is -0.258 e. The van der Waals surface area contributed by atoms with Gasteiger partial charge in [0.25, 0.3) is 5.69 Å². The number of rotatable bonds is 3. The fourth-order valence-electron chi connectivity index (χ4n) is 1.85. The highest BCUT2D eigenvalue weighted by Gasteiger charge is 2.15. The average molecular weight is 295 g/mol. The number of benzene rings is 1. The largest absolute Gasteiger partial charge is 0.295 e. The standard InChI is InChI=1S/C12H11BrN2O2/c1-8(13)7-9-4-5-11(15(16)17)12-10(9)3-2-6-14-12/h2-6,8H,7H2,1H3. The second kappa shape index (κ2) is 4.79. The molecule has 0 bridgehead atoms. The third-order valence-corrected chi connectivity index (χ3v) is 2.86. The normalized spacial score (nSPS) is 12.6. The summed E-state index contributed by atoms with van der Waals surface area (Å²) in [4.78, 5) is 15.0. The fourth-order valence-corrected chi connectivity index (χ4v) is 2.19. The van der Waals surface area contributed by atoms with Crippen LogP contribution in [0.2, 0.25) is 0 Å². The molecule has 0 aliphatic heterocycles. The SMILES string of the molecule is CC(Br)Cc1ccc([N+](=O)[O-])c2ncccc12. The van der Waals surface area contributed by atoms with Crippen LogP contribution in [0.5, 0.6) is 0 Å². The molecule has 4 nitrogen and oxygen atoms in total. The Morgan fingerprint density at radius 3 is 2.88 bits per heavy atom. The Balaban J connectivity index is 2.66. The lowest BCUT2D eigenvalue weighted by Gasteiger charge is -2.07. The molecule has 0 amide bonds. The van der Waals surface area contributed by atoms with E-state index in [1.54, 1.807) is 18.3 Å². The van der Waals surface area contributed by atoms with Crippen molar-refractivity contribution in [2.24, 2.45) is 0 Å². The van der Waals surface area contributed by atoms with Crippen LogP contribution in [0.4, 0.5) is 5.69 Å². The van der Waals surface area contributed by atoms with Gasteiger partial charge in [-0.1, -0.05) is 35.0 Å². The molecular weight excluding hydrogens is 284 g/mol. The van der Waals surface area contributed by atoms with Gasteiger partial charge in [-0.25, -0.2) is 4.98 Å². The van der Waals surface area contributed by atoms with Crippen LogP contribution in [0.25, 0.3) is 10.9 Å². The van der Waals surface area contributed by atoms with Gasteiger partial charge in [0.15, 0.2) is 0 Å². The van der Waals surface area contributed by atoms with Crippen LogP contribution < -0.4 is 0 Å². The number of pyridine rings is 1. The molecule has 2 rings (SSSR count). The number of non-ortho nitro benzene ring substituents is 1. The summed E-state index contributed by atoms with van der Waals surface area (Å²) < 4.78 is 0. The first kappa shape index (κ1) is 12.0. The van der Waals surface area contributed by atoms with Crippen LogP contribution in [-0.2, 0) is 6.42 Å². The first-order chi connectivity index (χ1) is 8.09. The van der Waals surface area contributed by atoms with Gasteiger partial charge in [-0.2, -0.15) is 0 Å². The quantitative estimate of drug-likeness (QED) is 0.495. The molecule has 0 spiro atoms. The third kappa shape index (κ3) is 2.44. The zero-order valence-corrected chi connectivity index (χ0v) is 10.8. The van der Waals surface area contributed by atoms with Crippen molar-refractivity contribution in [1.29, 1.82) is 0 Å². The van der Waals surface area contributed by atoms with Crippen LogP contribution in [0.3, 0.4) is 0 Å². The summed E-state index contributed by atoms with van der Waals surface area (Å²) in [5, 5.41) is 11.8. The minimum absolute atomic E-state index is 0.0616. The Labute approximate surface area is 107 Å². The summed E-state index contributed by atoms with van der Waals surface area (Å²) >= 11 is 3.49. The highest BCUT2D eigenvalue weighted by molar-refractivity contribution is 9.09. The van der Waals surface area contributed by atoms with Gasteiger partial charge in [-0.15, -0.1) is 0 Å². The lowest BCUT2D eigenvalue weighted by molar-refractivity contribution is -0.383. The summed E-state index contributed by atoms with van der Waals surface area (Å²) in [7, 11) is 0. The first-order valence-electron chi connectivity index (χ1n) is 5.24. The molecule has 2 aromatic rings. The smallest absolute Gasteiger partial charge is 0.258 e. The van der Waals surface area contributed by atoms with Crippen LogP contribution >= 0.6 is 15.9 Å². The summed E-state index contributed by atoms with van der Waals surface area (Å²) in [6.45, 7) is 2.05. The van der Waals surface area contributed by atoms with E-state index in [2.05, 4.69) is 20.9 Å². The van der Waals surface area contributed by atoms with Crippen LogP contribution in [0.1, 0.15) is 12.5 Å². The van der Waals surface area contributed by atoms with E-state index in [9.17, 15) is 10.1 Å². The molecule has 0 aliphatic carbocycles. The van der Waals surface area contributed by atoms with Crippen molar-refractivity contribution in [1.82, 2.24) is 4.98 Å². The second-order valence-corrected chi connectivity index (χ2v) is 5.45. The van der Waals surface area contributed by atoms with Gasteiger partial charge in [0.2, 0.25) is 0 Å². The summed E-state index contributed by atoms with van der Waals surface area (Å²) in [5.41, 5.74) is 1.60. The average Bonchev–Trinajstić information content (AvgIpc) is 2.28. The van der Waals surface area contributed by atoms with Crippen LogP contribution in [0.15, 0.2) is 30.5 Å². The molecule has 5 heteroatoms. The molecule has 0 fully saturated rings. The van der Waals surface area contributed by atoms with Crippen molar-refractivity contribution < 1.29 is 4.92 Å². The monoisotopic (exact) mass is 294 g/mol. The van der Waals surface area contributed by atoms with E-state index in [-0.39, 0.29) is 5.69 Å². The lowest BCUT2D eigenvalue weighted by Crippen LogP contribution is -1.99. The molecule has 1 unspecified atom stereocenters. The number of nitrogens with zero attached hydrogens (tertiary/aromatic N) is 2.